The number of hydrogen-bond donors (Lipinski definition) is 4. The van der Waals surface area contributed by atoms with Crippen LogP contribution in [0.15, 0.2) is 42.5 Å². The zero-order valence-corrected chi connectivity index (χ0v) is 15.7. The van der Waals surface area contributed by atoms with Crippen LogP contribution in [0.4, 0.5) is 4.39 Å². The van der Waals surface area contributed by atoms with Gasteiger partial charge in [0.05, 0.1) is 12.3 Å². The summed E-state index contributed by atoms with van der Waals surface area (Å²) in [5, 5.41) is 15.3. The average molecular weight is 383 g/mol. The number of halogens is 1. The van der Waals surface area contributed by atoms with Crippen molar-refractivity contribution in [1.29, 1.82) is 0 Å². The van der Waals surface area contributed by atoms with Crippen LogP contribution in [-0.2, 0) is 16.1 Å². The standard InChI is InChI=1S/C21H22FN3O3/c1-12-16-9-14(10-23-21(28)19(11-26)24-13(2)27)7-8-18(16)25-20(12)15-5-3-4-6-17(15)22/h3-9,19,25-26H,10-11H2,1-2H3,(H,23,28)(H,24,27). The molecule has 146 valence electrons. The van der Waals surface area contributed by atoms with E-state index in [4.69, 9.17) is 0 Å². The summed E-state index contributed by atoms with van der Waals surface area (Å²) in [5.74, 6) is -1.15. The van der Waals surface area contributed by atoms with Crippen molar-refractivity contribution in [2.24, 2.45) is 0 Å². The summed E-state index contributed by atoms with van der Waals surface area (Å²) in [5.41, 5.74) is 3.87. The summed E-state index contributed by atoms with van der Waals surface area (Å²) >= 11 is 0. The molecular formula is C21H22FN3O3. The molecule has 0 radical (unpaired) electrons. The number of aliphatic hydroxyl groups excluding tert-OH is 1. The van der Waals surface area contributed by atoms with Crippen molar-refractivity contribution in [2.75, 3.05) is 6.61 Å². The molecule has 2 aromatic carbocycles. The predicted molar refractivity (Wildman–Crippen MR) is 105 cm³/mol. The van der Waals surface area contributed by atoms with Gasteiger partial charge in [0, 0.05) is 29.9 Å². The van der Waals surface area contributed by atoms with Gasteiger partial charge in [0.1, 0.15) is 11.9 Å². The molecule has 0 spiro atoms. The highest BCUT2D eigenvalue weighted by molar-refractivity contribution is 5.91. The molecule has 0 aliphatic heterocycles. The maximum Gasteiger partial charge on any atom is 0.245 e. The molecule has 7 heteroatoms. The maximum absolute atomic E-state index is 14.2. The summed E-state index contributed by atoms with van der Waals surface area (Å²) < 4.78 is 14.2. The fourth-order valence-corrected chi connectivity index (χ4v) is 3.17. The van der Waals surface area contributed by atoms with Crippen LogP contribution in [0.3, 0.4) is 0 Å². The average Bonchev–Trinajstić information content (AvgIpc) is 3.00. The molecule has 0 aliphatic rings. The van der Waals surface area contributed by atoms with Crippen LogP contribution in [0, 0.1) is 12.7 Å². The van der Waals surface area contributed by atoms with E-state index in [-0.39, 0.29) is 18.3 Å². The number of carbonyl (C=O) groups is 2. The molecule has 3 aromatic rings. The lowest BCUT2D eigenvalue weighted by atomic mass is 10.0. The van der Waals surface area contributed by atoms with Gasteiger partial charge < -0.3 is 20.7 Å². The van der Waals surface area contributed by atoms with Crippen molar-refractivity contribution in [3.8, 4) is 11.3 Å². The number of aromatic nitrogens is 1. The lowest BCUT2D eigenvalue weighted by Gasteiger charge is -2.15. The first-order valence-electron chi connectivity index (χ1n) is 8.92. The Hall–Kier alpha value is -3.19. The molecule has 0 bridgehead atoms. The molecule has 0 saturated carbocycles. The van der Waals surface area contributed by atoms with Crippen molar-refractivity contribution >= 4 is 22.7 Å². The van der Waals surface area contributed by atoms with E-state index in [1.165, 1.54) is 13.0 Å². The second kappa shape index (κ2) is 8.22. The summed E-state index contributed by atoms with van der Waals surface area (Å²) in [6.07, 6.45) is 0. The fraction of sp³-hybridized carbons (Fsp3) is 0.238. The zero-order chi connectivity index (χ0) is 20.3. The van der Waals surface area contributed by atoms with Crippen LogP contribution >= 0.6 is 0 Å². The third-order valence-corrected chi connectivity index (χ3v) is 4.61. The minimum absolute atomic E-state index is 0.241. The number of carbonyl (C=O) groups excluding carboxylic acids is 2. The zero-order valence-electron chi connectivity index (χ0n) is 15.7. The predicted octanol–water partition coefficient (Wildman–Crippen LogP) is 2.40. The number of benzene rings is 2. The van der Waals surface area contributed by atoms with E-state index in [9.17, 15) is 19.1 Å². The number of amides is 2. The smallest absolute Gasteiger partial charge is 0.245 e. The van der Waals surface area contributed by atoms with E-state index in [1.807, 2.05) is 25.1 Å². The highest BCUT2D eigenvalue weighted by Gasteiger charge is 2.18. The van der Waals surface area contributed by atoms with Gasteiger partial charge >= 0.3 is 0 Å². The van der Waals surface area contributed by atoms with Gasteiger partial charge in [0.25, 0.3) is 0 Å². The van der Waals surface area contributed by atoms with Crippen molar-refractivity contribution in [1.82, 2.24) is 15.6 Å². The molecule has 6 nitrogen and oxygen atoms in total. The van der Waals surface area contributed by atoms with E-state index < -0.39 is 18.6 Å². The van der Waals surface area contributed by atoms with Crippen molar-refractivity contribution in [3.63, 3.8) is 0 Å². The Bertz CT molecular complexity index is 1030. The van der Waals surface area contributed by atoms with Gasteiger partial charge in [0.2, 0.25) is 11.8 Å². The van der Waals surface area contributed by atoms with Gasteiger partial charge in [-0.2, -0.15) is 0 Å². The summed E-state index contributed by atoms with van der Waals surface area (Å²) in [7, 11) is 0. The number of hydrogen-bond acceptors (Lipinski definition) is 3. The molecule has 1 atom stereocenters. The quantitative estimate of drug-likeness (QED) is 0.526. The van der Waals surface area contributed by atoms with Crippen molar-refractivity contribution in [3.05, 3.63) is 59.4 Å². The topological polar surface area (TPSA) is 94.2 Å². The van der Waals surface area contributed by atoms with E-state index in [1.54, 1.807) is 18.2 Å². The number of aromatic amines is 1. The van der Waals surface area contributed by atoms with Crippen LogP contribution in [0.2, 0.25) is 0 Å². The Morgan fingerprint density at radius 1 is 1.21 bits per heavy atom. The van der Waals surface area contributed by atoms with E-state index in [0.29, 0.717) is 5.56 Å². The summed E-state index contributed by atoms with van der Waals surface area (Å²) in [6, 6.07) is 11.3. The number of fused-ring (bicyclic) bond motifs is 1. The first kappa shape index (κ1) is 19.6. The first-order valence-corrected chi connectivity index (χ1v) is 8.92. The van der Waals surface area contributed by atoms with Crippen LogP contribution in [0.5, 0.6) is 0 Å². The molecule has 3 rings (SSSR count). The fourth-order valence-electron chi connectivity index (χ4n) is 3.17. The van der Waals surface area contributed by atoms with E-state index >= 15 is 0 Å². The van der Waals surface area contributed by atoms with Gasteiger partial charge in [-0.05, 0) is 42.3 Å². The van der Waals surface area contributed by atoms with Crippen molar-refractivity contribution in [2.45, 2.75) is 26.4 Å². The normalized spacial score (nSPS) is 12.0. The molecule has 1 unspecified atom stereocenters. The lowest BCUT2D eigenvalue weighted by molar-refractivity contribution is -0.129. The molecule has 0 saturated heterocycles. The Kier molecular flexibility index (Phi) is 5.75. The second-order valence-corrected chi connectivity index (χ2v) is 6.64. The second-order valence-electron chi connectivity index (χ2n) is 6.64. The Morgan fingerprint density at radius 2 is 1.96 bits per heavy atom. The van der Waals surface area contributed by atoms with Gasteiger partial charge in [-0.15, -0.1) is 0 Å². The van der Waals surface area contributed by atoms with Gasteiger partial charge in [-0.1, -0.05) is 18.2 Å². The van der Waals surface area contributed by atoms with Crippen LogP contribution in [0.25, 0.3) is 22.2 Å². The highest BCUT2D eigenvalue weighted by Crippen LogP contribution is 2.31. The SMILES string of the molecule is CC(=O)NC(CO)C(=O)NCc1ccc2[nH]c(-c3ccccc3F)c(C)c2c1. The minimum atomic E-state index is -0.983. The number of H-pyrrole nitrogens is 1. The largest absolute Gasteiger partial charge is 0.394 e. The van der Waals surface area contributed by atoms with E-state index in [2.05, 4.69) is 15.6 Å². The maximum atomic E-state index is 14.2. The van der Waals surface area contributed by atoms with Crippen molar-refractivity contribution < 1.29 is 19.1 Å². The summed E-state index contributed by atoms with van der Waals surface area (Å²) in [4.78, 5) is 26.4. The van der Waals surface area contributed by atoms with Gasteiger partial charge in [-0.25, -0.2) is 4.39 Å². The van der Waals surface area contributed by atoms with Crippen LogP contribution in [0.1, 0.15) is 18.1 Å². The van der Waals surface area contributed by atoms with E-state index in [0.717, 1.165) is 27.7 Å². The van der Waals surface area contributed by atoms with Crippen LogP contribution < -0.4 is 10.6 Å². The monoisotopic (exact) mass is 383 g/mol. The Balaban J connectivity index is 1.81. The molecule has 4 N–H and O–H groups in total. The molecule has 28 heavy (non-hydrogen) atoms. The number of rotatable bonds is 6. The Labute approximate surface area is 161 Å². The highest BCUT2D eigenvalue weighted by atomic mass is 19.1. The number of aryl methyl sites for hydroxylation is 1. The third kappa shape index (κ3) is 4.04. The minimum Gasteiger partial charge on any atom is -0.394 e. The third-order valence-electron chi connectivity index (χ3n) is 4.61. The molecule has 0 aliphatic carbocycles. The Morgan fingerprint density at radius 3 is 2.64 bits per heavy atom. The first-order chi connectivity index (χ1) is 13.4. The number of aliphatic hydroxyl groups is 1. The molecular weight excluding hydrogens is 361 g/mol. The number of nitrogens with one attached hydrogen (secondary N) is 3. The molecule has 0 fully saturated rings. The molecule has 1 heterocycles. The lowest BCUT2D eigenvalue weighted by Crippen LogP contribution is -2.48. The molecule has 2 amide bonds. The summed E-state index contributed by atoms with van der Waals surface area (Å²) in [6.45, 7) is 2.96. The van der Waals surface area contributed by atoms with Crippen LogP contribution in [-0.4, -0.2) is 34.6 Å². The van der Waals surface area contributed by atoms with Gasteiger partial charge in [0.15, 0.2) is 0 Å². The molecule has 1 aromatic heterocycles. The van der Waals surface area contributed by atoms with Gasteiger partial charge in [-0.3, -0.25) is 9.59 Å².